The Hall–Kier alpha value is -6.70. The van der Waals surface area contributed by atoms with E-state index in [0.717, 1.165) is 55.4 Å². The minimum atomic E-state index is -0.176. The third kappa shape index (κ3) is 5.10. The van der Waals surface area contributed by atoms with Crippen molar-refractivity contribution in [1.29, 1.82) is 0 Å². The van der Waals surface area contributed by atoms with Gasteiger partial charge in [0.1, 0.15) is 0 Å². The van der Waals surface area contributed by atoms with Gasteiger partial charge in [-0.15, -0.1) is 0 Å². The molecule has 0 amide bonds. The Kier molecular flexibility index (Phi) is 7.15. The first kappa shape index (κ1) is 30.4. The van der Waals surface area contributed by atoms with Gasteiger partial charge in [-0.2, -0.15) is 0 Å². The number of benzene rings is 7. The predicted octanol–water partition coefficient (Wildman–Crippen LogP) is 12.2. The lowest BCUT2D eigenvalue weighted by Gasteiger charge is -2.22. The summed E-state index contributed by atoms with van der Waals surface area (Å²) >= 11 is 0. The number of aromatic nitrogens is 3. The zero-order valence-electron chi connectivity index (χ0n) is 28.3. The minimum Gasteiger partial charge on any atom is -0.238 e. The molecule has 0 fully saturated rings. The van der Waals surface area contributed by atoms with Gasteiger partial charge >= 0.3 is 0 Å². The summed E-state index contributed by atoms with van der Waals surface area (Å²) in [6, 6.07) is 54.6. The number of rotatable bonds is 5. The lowest BCUT2D eigenvalue weighted by molar-refractivity contribution is 0.661. The summed E-state index contributed by atoms with van der Waals surface area (Å²) in [7, 11) is 0. The van der Waals surface area contributed by atoms with E-state index in [2.05, 4.69) is 104 Å². The van der Waals surface area contributed by atoms with E-state index in [-0.39, 0.29) is 5.41 Å². The van der Waals surface area contributed by atoms with Crippen LogP contribution in [0.25, 0.3) is 83.2 Å². The molecule has 0 aliphatic heterocycles. The van der Waals surface area contributed by atoms with Crippen molar-refractivity contribution in [1.82, 2.24) is 15.0 Å². The van der Waals surface area contributed by atoms with E-state index in [4.69, 9.17) is 21.5 Å². The molecule has 9 rings (SSSR count). The van der Waals surface area contributed by atoms with Gasteiger partial charge in [-0.25, -0.2) is 19.8 Å². The van der Waals surface area contributed by atoms with Crippen LogP contribution in [0.5, 0.6) is 0 Å². The summed E-state index contributed by atoms with van der Waals surface area (Å²) in [6.07, 6.45) is 0. The largest absolute Gasteiger partial charge is 0.238 e. The molecule has 51 heavy (non-hydrogen) atoms. The van der Waals surface area contributed by atoms with Gasteiger partial charge in [-0.1, -0.05) is 159 Å². The van der Waals surface area contributed by atoms with Gasteiger partial charge in [-0.3, -0.25) is 0 Å². The fourth-order valence-electron chi connectivity index (χ4n) is 7.56. The molecule has 4 heteroatoms. The maximum Gasteiger partial charge on any atom is 0.195 e. The summed E-state index contributed by atoms with van der Waals surface area (Å²) < 4.78 is 0. The maximum atomic E-state index is 7.75. The van der Waals surface area contributed by atoms with Crippen LogP contribution in [0.2, 0.25) is 0 Å². The van der Waals surface area contributed by atoms with Gasteiger partial charge < -0.3 is 0 Å². The zero-order valence-corrected chi connectivity index (χ0v) is 28.3. The highest BCUT2D eigenvalue weighted by Crippen LogP contribution is 2.53. The second-order valence-electron chi connectivity index (χ2n) is 13.5. The summed E-state index contributed by atoms with van der Waals surface area (Å²) in [5, 5.41) is 2.22. The van der Waals surface area contributed by atoms with Crippen LogP contribution < -0.4 is 0 Å². The first-order chi connectivity index (χ1) is 25.0. The van der Waals surface area contributed by atoms with Gasteiger partial charge in [0.25, 0.3) is 0 Å². The molecule has 240 valence electrons. The van der Waals surface area contributed by atoms with E-state index in [1.165, 1.54) is 22.3 Å². The van der Waals surface area contributed by atoms with Crippen LogP contribution in [0.1, 0.15) is 25.0 Å². The molecule has 8 aromatic rings. The molecular weight excluding hydrogens is 621 g/mol. The summed E-state index contributed by atoms with van der Waals surface area (Å²) in [5.41, 5.74) is 12.8. The average molecular weight is 653 g/mol. The standard InChI is InChI=1S/C47H32N4/c1-47(2)40-19-12-20-42(48-3)43(40)39-26-25-34(29-41(39)47)30-21-23-31(24-22-30)35-27-28-38(37-18-11-10-17-36(35)37)46-50-44(32-13-6-4-7-14-32)49-45(51-46)33-15-8-5-9-16-33/h4-29H,1-2H3. The van der Waals surface area contributed by atoms with Gasteiger partial charge in [-0.05, 0) is 67.4 Å². The van der Waals surface area contributed by atoms with E-state index in [9.17, 15) is 0 Å². The van der Waals surface area contributed by atoms with Crippen LogP contribution in [-0.4, -0.2) is 15.0 Å². The number of hydrogen-bond acceptors (Lipinski definition) is 3. The van der Waals surface area contributed by atoms with Crippen LogP contribution >= 0.6 is 0 Å². The Morgan fingerprint density at radius 2 is 0.961 bits per heavy atom. The first-order valence-corrected chi connectivity index (χ1v) is 17.2. The number of fused-ring (bicyclic) bond motifs is 4. The third-order valence-electron chi connectivity index (χ3n) is 10.2. The molecule has 1 aromatic heterocycles. The second-order valence-corrected chi connectivity index (χ2v) is 13.5. The average Bonchev–Trinajstić information content (AvgIpc) is 3.43. The van der Waals surface area contributed by atoms with Crippen LogP contribution in [0.3, 0.4) is 0 Å². The van der Waals surface area contributed by atoms with Crippen molar-refractivity contribution in [2.45, 2.75) is 19.3 Å². The monoisotopic (exact) mass is 652 g/mol. The third-order valence-corrected chi connectivity index (χ3v) is 10.2. The molecule has 0 spiro atoms. The lowest BCUT2D eigenvalue weighted by Crippen LogP contribution is -2.14. The van der Waals surface area contributed by atoms with E-state index in [1.807, 2.05) is 72.8 Å². The van der Waals surface area contributed by atoms with E-state index >= 15 is 0 Å². The lowest BCUT2D eigenvalue weighted by atomic mass is 9.81. The molecule has 1 aliphatic carbocycles. The quantitative estimate of drug-likeness (QED) is 0.174. The van der Waals surface area contributed by atoms with Gasteiger partial charge in [0, 0.05) is 22.1 Å². The molecule has 4 nitrogen and oxygen atoms in total. The SMILES string of the molecule is [C-]#[N+]c1cccc2c1-c1ccc(-c3ccc(-c4ccc(-c5nc(-c6ccccc6)nc(-c6ccccc6)n5)c5ccccc45)cc3)cc1C2(C)C. The second kappa shape index (κ2) is 12.0. The smallest absolute Gasteiger partial charge is 0.195 e. The number of hydrogen-bond donors (Lipinski definition) is 0. The Morgan fingerprint density at radius 1 is 0.431 bits per heavy atom. The van der Waals surface area contributed by atoms with Crippen LogP contribution in [-0.2, 0) is 5.41 Å². The van der Waals surface area contributed by atoms with Crippen LogP contribution in [0, 0.1) is 6.57 Å². The van der Waals surface area contributed by atoms with Crippen molar-refractivity contribution in [3.63, 3.8) is 0 Å². The van der Waals surface area contributed by atoms with Gasteiger partial charge in [0.05, 0.1) is 6.57 Å². The summed E-state index contributed by atoms with van der Waals surface area (Å²) in [5.74, 6) is 1.94. The summed E-state index contributed by atoms with van der Waals surface area (Å²) in [4.78, 5) is 18.8. The highest BCUT2D eigenvalue weighted by Gasteiger charge is 2.36. The Morgan fingerprint density at radius 3 is 1.61 bits per heavy atom. The van der Waals surface area contributed by atoms with Crippen molar-refractivity contribution in [2.75, 3.05) is 0 Å². The van der Waals surface area contributed by atoms with Gasteiger partial charge in [0.2, 0.25) is 0 Å². The minimum absolute atomic E-state index is 0.176. The Bertz CT molecular complexity index is 2600. The normalized spacial score (nSPS) is 12.6. The fourth-order valence-corrected chi connectivity index (χ4v) is 7.56. The highest BCUT2D eigenvalue weighted by molar-refractivity contribution is 6.04. The predicted molar refractivity (Wildman–Crippen MR) is 208 cm³/mol. The van der Waals surface area contributed by atoms with E-state index < -0.39 is 0 Å². The molecule has 1 aliphatic rings. The van der Waals surface area contributed by atoms with Crippen LogP contribution in [0.4, 0.5) is 5.69 Å². The fraction of sp³-hybridized carbons (Fsp3) is 0.0638. The highest BCUT2D eigenvalue weighted by atomic mass is 15.0. The Labute approximate surface area is 297 Å². The molecule has 0 saturated heterocycles. The van der Waals surface area contributed by atoms with Crippen molar-refractivity contribution in [3.8, 4) is 67.5 Å². The zero-order chi connectivity index (χ0) is 34.5. The molecule has 0 bridgehead atoms. The van der Waals surface area contributed by atoms with E-state index in [1.54, 1.807) is 0 Å². The van der Waals surface area contributed by atoms with Crippen LogP contribution in [0.15, 0.2) is 158 Å². The Balaban J connectivity index is 1.11. The molecule has 0 radical (unpaired) electrons. The van der Waals surface area contributed by atoms with Crippen molar-refractivity contribution in [2.24, 2.45) is 0 Å². The molecule has 0 atom stereocenters. The van der Waals surface area contributed by atoms with Crippen molar-refractivity contribution >= 4 is 16.5 Å². The van der Waals surface area contributed by atoms with Crippen molar-refractivity contribution in [3.05, 3.63) is 180 Å². The maximum absolute atomic E-state index is 7.75. The molecule has 0 N–H and O–H groups in total. The van der Waals surface area contributed by atoms with E-state index in [0.29, 0.717) is 17.5 Å². The van der Waals surface area contributed by atoms with Gasteiger partial charge in [0.15, 0.2) is 23.2 Å². The molecule has 1 heterocycles. The van der Waals surface area contributed by atoms with Crippen molar-refractivity contribution < 1.29 is 0 Å². The molecule has 7 aromatic carbocycles. The molecular formula is C47H32N4. The molecule has 0 saturated carbocycles. The summed E-state index contributed by atoms with van der Waals surface area (Å²) in [6.45, 7) is 12.3. The topological polar surface area (TPSA) is 43.0 Å². The molecule has 0 unspecified atom stereocenters. The first-order valence-electron chi connectivity index (χ1n) is 17.2. The number of nitrogens with zero attached hydrogens (tertiary/aromatic N) is 4.